The molecule has 134 valence electrons. The Balaban J connectivity index is 1.45. The number of carbonyl (C=O) groups excluding carboxylic acids is 1. The molecule has 1 heterocycles. The van der Waals surface area contributed by atoms with Gasteiger partial charge in [0.25, 0.3) is 0 Å². The molecule has 1 aromatic rings. The van der Waals surface area contributed by atoms with Gasteiger partial charge in [-0.25, -0.2) is 0 Å². The van der Waals surface area contributed by atoms with E-state index < -0.39 is 0 Å². The minimum Gasteiger partial charge on any atom is -0.396 e. The number of aromatic nitrogens is 2. The second-order valence-electron chi connectivity index (χ2n) is 7.39. The average molecular weight is 335 g/mol. The smallest absolute Gasteiger partial charge is 0.227 e. The summed E-state index contributed by atoms with van der Waals surface area (Å²) in [5.41, 5.74) is 0. The van der Waals surface area contributed by atoms with Crippen LogP contribution in [0.2, 0.25) is 0 Å². The first-order valence-corrected chi connectivity index (χ1v) is 9.36. The standard InChI is InChI=1S/C18H29N3O3/c1-21(15-8-6-13(12-22)7-9-15)17(23)11-10-16-19-18(20-24-16)14-4-2-3-5-14/h13-15,22H,2-12H2,1H3. The lowest BCUT2D eigenvalue weighted by Gasteiger charge is -2.34. The predicted molar refractivity (Wildman–Crippen MR) is 89.4 cm³/mol. The van der Waals surface area contributed by atoms with Gasteiger partial charge in [0.05, 0.1) is 0 Å². The van der Waals surface area contributed by atoms with Gasteiger partial charge in [-0.15, -0.1) is 0 Å². The summed E-state index contributed by atoms with van der Waals surface area (Å²) in [6, 6.07) is 0.303. The van der Waals surface area contributed by atoms with E-state index >= 15 is 0 Å². The lowest BCUT2D eigenvalue weighted by Crippen LogP contribution is -2.39. The van der Waals surface area contributed by atoms with Gasteiger partial charge in [0, 0.05) is 38.5 Å². The summed E-state index contributed by atoms with van der Waals surface area (Å²) in [7, 11) is 1.89. The lowest BCUT2D eigenvalue weighted by molar-refractivity contribution is -0.132. The van der Waals surface area contributed by atoms with Crippen molar-refractivity contribution in [2.45, 2.75) is 76.2 Å². The van der Waals surface area contributed by atoms with Crippen molar-refractivity contribution in [1.82, 2.24) is 15.0 Å². The number of rotatable bonds is 6. The molecule has 2 saturated carbocycles. The molecule has 1 aromatic heterocycles. The van der Waals surface area contributed by atoms with Crippen molar-refractivity contribution in [1.29, 1.82) is 0 Å². The van der Waals surface area contributed by atoms with E-state index in [1.165, 1.54) is 12.8 Å². The molecule has 6 nitrogen and oxygen atoms in total. The fourth-order valence-electron chi connectivity index (χ4n) is 4.03. The van der Waals surface area contributed by atoms with E-state index in [0.717, 1.165) is 44.3 Å². The Hall–Kier alpha value is -1.43. The van der Waals surface area contributed by atoms with E-state index in [0.29, 0.717) is 36.6 Å². The number of hydrogen-bond acceptors (Lipinski definition) is 5. The van der Waals surface area contributed by atoms with Gasteiger partial charge in [0.15, 0.2) is 5.82 Å². The number of carbonyl (C=O) groups is 1. The second-order valence-corrected chi connectivity index (χ2v) is 7.39. The lowest BCUT2D eigenvalue weighted by atomic mass is 9.86. The SMILES string of the molecule is CN(C(=O)CCc1nc(C2CCCC2)no1)C1CCC(CO)CC1. The van der Waals surface area contributed by atoms with Gasteiger partial charge < -0.3 is 14.5 Å². The van der Waals surface area contributed by atoms with Gasteiger partial charge >= 0.3 is 0 Å². The third kappa shape index (κ3) is 4.15. The molecule has 2 aliphatic carbocycles. The van der Waals surface area contributed by atoms with E-state index in [9.17, 15) is 9.90 Å². The van der Waals surface area contributed by atoms with Gasteiger partial charge in [-0.3, -0.25) is 4.79 Å². The summed E-state index contributed by atoms with van der Waals surface area (Å²) in [5, 5.41) is 13.3. The highest BCUT2D eigenvalue weighted by Gasteiger charge is 2.27. The number of aryl methyl sites for hydroxylation is 1. The quantitative estimate of drug-likeness (QED) is 0.864. The maximum Gasteiger partial charge on any atom is 0.227 e. The monoisotopic (exact) mass is 335 g/mol. The Kier molecular flexibility index (Phi) is 5.87. The van der Waals surface area contributed by atoms with Crippen molar-refractivity contribution < 1.29 is 14.4 Å². The van der Waals surface area contributed by atoms with Crippen molar-refractivity contribution in [3.05, 3.63) is 11.7 Å². The second kappa shape index (κ2) is 8.10. The van der Waals surface area contributed by atoms with Crippen molar-refractivity contribution >= 4 is 5.91 Å². The first-order chi connectivity index (χ1) is 11.7. The van der Waals surface area contributed by atoms with Crippen LogP contribution in [-0.2, 0) is 11.2 Å². The van der Waals surface area contributed by atoms with Crippen LogP contribution in [0.3, 0.4) is 0 Å². The van der Waals surface area contributed by atoms with Crippen LogP contribution >= 0.6 is 0 Å². The van der Waals surface area contributed by atoms with Gasteiger partial charge in [0.1, 0.15) is 0 Å². The molecule has 24 heavy (non-hydrogen) atoms. The maximum atomic E-state index is 12.4. The molecule has 0 bridgehead atoms. The molecule has 2 fully saturated rings. The van der Waals surface area contributed by atoms with Gasteiger partial charge in [0.2, 0.25) is 11.8 Å². The van der Waals surface area contributed by atoms with Crippen LogP contribution in [0.4, 0.5) is 0 Å². The van der Waals surface area contributed by atoms with Crippen LogP contribution in [0.15, 0.2) is 4.52 Å². The molecule has 0 radical (unpaired) electrons. The number of aliphatic hydroxyl groups is 1. The number of aliphatic hydroxyl groups excluding tert-OH is 1. The van der Waals surface area contributed by atoms with Crippen molar-refractivity contribution in [3.63, 3.8) is 0 Å². The highest BCUT2D eigenvalue weighted by molar-refractivity contribution is 5.76. The molecule has 6 heteroatoms. The van der Waals surface area contributed by atoms with Crippen LogP contribution in [0, 0.1) is 5.92 Å². The number of nitrogens with zero attached hydrogens (tertiary/aromatic N) is 3. The van der Waals surface area contributed by atoms with Crippen LogP contribution < -0.4 is 0 Å². The summed E-state index contributed by atoms with van der Waals surface area (Å²) in [4.78, 5) is 18.8. The Morgan fingerprint density at radius 1 is 1.21 bits per heavy atom. The molecule has 1 amide bonds. The fraction of sp³-hybridized carbons (Fsp3) is 0.833. The topological polar surface area (TPSA) is 79.5 Å². The molecule has 0 saturated heterocycles. The largest absolute Gasteiger partial charge is 0.396 e. The highest BCUT2D eigenvalue weighted by Crippen LogP contribution is 2.32. The molecule has 3 rings (SSSR count). The Morgan fingerprint density at radius 2 is 1.92 bits per heavy atom. The van der Waals surface area contributed by atoms with E-state index in [-0.39, 0.29) is 12.5 Å². The third-order valence-electron chi connectivity index (χ3n) is 5.77. The van der Waals surface area contributed by atoms with Gasteiger partial charge in [-0.2, -0.15) is 4.98 Å². The summed E-state index contributed by atoms with van der Waals surface area (Å²) in [6.07, 6.45) is 9.72. The zero-order valence-electron chi connectivity index (χ0n) is 14.6. The maximum absolute atomic E-state index is 12.4. The van der Waals surface area contributed by atoms with E-state index in [2.05, 4.69) is 10.1 Å². The van der Waals surface area contributed by atoms with Crippen molar-refractivity contribution in [2.24, 2.45) is 5.92 Å². The molecule has 0 aromatic carbocycles. The minimum absolute atomic E-state index is 0.142. The summed E-state index contributed by atoms with van der Waals surface area (Å²) < 4.78 is 5.32. The van der Waals surface area contributed by atoms with Gasteiger partial charge in [-0.1, -0.05) is 18.0 Å². The van der Waals surface area contributed by atoms with Crippen LogP contribution in [-0.4, -0.2) is 45.8 Å². The number of amides is 1. The Labute approximate surface area is 143 Å². The third-order valence-corrected chi connectivity index (χ3v) is 5.77. The molecular formula is C18H29N3O3. The molecule has 2 aliphatic rings. The molecule has 0 unspecified atom stereocenters. The Morgan fingerprint density at radius 3 is 2.58 bits per heavy atom. The molecular weight excluding hydrogens is 306 g/mol. The first kappa shape index (κ1) is 17.4. The predicted octanol–water partition coefficient (Wildman–Crippen LogP) is 2.67. The molecule has 1 N–H and O–H groups in total. The van der Waals surface area contributed by atoms with E-state index in [4.69, 9.17) is 4.52 Å². The van der Waals surface area contributed by atoms with Crippen LogP contribution in [0.5, 0.6) is 0 Å². The normalized spacial score (nSPS) is 25.1. The fourth-order valence-corrected chi connectivity index (χ4v) is 4.03. The van der Waals surface area contributed by atoms with E-state index in [1.54, 1.807) is 0 Å². The Bertz CT molecular complexity index is 531. The molecule has 0 spiro atoms. The average Bonchev–Trinajstić information content (AvgIpc) is 3.30. The van der Waals surface area contributed by atoms with Crippen LogP contribution in [0.1, 0.15) is 75.4 Å². The zero-order chi connectivity index (χ0) is 16.9. The van der Waals surface area contributed by atoms with Crippen molar-refractivity contribution in [2.75, 3.05) is 13.7 Å². The zero-order valence-corrected chi connectivity index (χ0v) is 14.6. The number of hydrogen-bond donors (Lipinski definition) is 1. The van der Waals surface area contributed by atoms with Crippen LogP contribution in [0.25, 0.3) is 0 Å². The minimum atomic E-state index is 0.142. The summed E-state index contributed by atoms with van der Waals surface area (Å²) in [6.45, 7) is 0.269. The summed E-state index contributed by atoms with van der Waals surface area (Å²) >= 11 is 0. The molecule has 0 aliphatic heterocycles. The highest BCUT2D eigenvalue weighted by atomic mass is 16.5. The van der Waals surface area contributed by atoms with E-state index in [1.807, 2.05) is 11.9 Å². The first-order valence-electron chi connectivity index (χ1n) is 9.36. The van der Waals surface area contributed by atoms with Gasteiger partial charge in [-0.05, 0) is 44.4 Å². The molecule has 0 atom stereocenters. The summed E-state index contributed by atoms with van der Waals surface area (Å²) in [5.74, 6) is 2.41. The van der Waals surface area contributed by atoms with Crippen molar-refractivity contribution in [3.8, 4) is 0 Å².